The number of nitrogens with zero attached hydrogens (tertiary/aromatic N) is 2. The summed E-state index contributed by atoms with van der Waals surface area (Å²) in [7, 11) is 0.317. The molecule has 0 aromatic heterocycles. The third-order valence-electron chi connectivity index (χ3n) is 1.33. The van der Waals surface area contributed by atoms with E-state index in [2.05, 4.69) is 20.9 Å². The van der Waals surface area contributed by atoms with E-state index < -0.39 is 9.84 Å². The van der Waals surface area contributed by atoms with Crippen LogP contribution in [0.25, 0.3) is 0 Å². The van der Waals surface area contributed by atoms with E-state index in [0.29, 0.717) is 6.54 Å². The second-order valence-corrected chi connectivity index (χ2v) is 5.99. The van der Waals surface area contributed by atoms with Crippen LogP contribution in [0.3, 0.4) is 0 Å². The van der Waals surface area contributed by atoms with Crippen LogP contribution in [0.2, 0.25) is 0 Å². The second-order valence-electron chi connectivity index (χ2n) is 2.70. The van der Waals surface area contributed by atoms with E-state index in [0.717, 1.165) is 0 Å². The minimum absolute atomic E-state index is 0.145. The smallest absolute Gasteiger partial charge is 0.229 e. The minimum atomic E-state index is -3.27. The Bertz CT molecular complexity index is 343. The first-order valence-electron chi connectivity index (χ1n) is 3.27. The molecule has 0 atom stereocenters. The van der Waals surface area contributed by atoms with E-state index in [9.17, 15) is 8.42 Å². The van der Waals surface area contributed by atoms with Crippen LogP contribution >= 0.6 is 15.9 Å². The van der Waals surface area contributed by atoms with Crippen molar-refractivity contribution in [3.63, 3.8) is 0 Å². The minimum Gasteiger partial charge on any atom is -0.303 e. The number of rotatable bonds is 2. The van der Waals surface area contributed by atoms with Crippen molar-refractivity contribution in [3.8, 4) is 0 Å². The lowest BCUT2D eigenvalue weighted by molar-refractivity contribution is 0.471. The quantitative estimate of drug-likeness (QED) is 0.722. The Hall–Kier alpha value is -0.200. The molecule has 68 valence electrons. The summed E-state index contributed by atoms with van der Waals surface area (Å²) in [5, 5.41) is 0.194. The zero-order valence-electron chi connectivity index (χ0n) is 6.78. The van der Waals surface area contributed by atoms with Crippen molar-refractivity contribution in [1.29, 1.82) is 0 Å². The SMILES string of the molecule is CN(C)CC1=NC=C(Br)S1(=O)=O. The summed E-state index contributed by atoms with van der Waals surface area (Å²) in [6, 6.07) is 0. The Kier molecular flexibility index (Phi) is 2.70. The highest BCUT2D eigenvalue weighted by Crippen LogP contribution is 2.22. The summed E-state index contributed by atoms with van der Waals surface area (Å²) in [5.41, 5.74) is 0. The molecule has 0 fully saturated rings. The van der Waals surface area contributed by atoms with Crippen molar-refractivity contribution in [1.82, 2.24) is 4.90 Å². The molecule has 12 heavy (non-hydrogen) atoms. The topological polar surface area (TPSA) is 49.7 Å². The molecule has 0 spiro atoms. The number of hydrogen-bond donors (Lipinski definition) is 0. The lowest BCUT2D eigenvalue weighted by atomic mass is 10.6. The first kappa shape index (κ1) is 9.88. The third kappa shape index (κ3) is 1.75. The highest BCUT2D eigenvalue weighted by atomic mass is 79.9. The highest BCUT2D eigenvalue weighted by Gasteiger charge is 2.27. The largest absolute Gasteiger partial charge is 0.303 e. The summed E-state index contributed by atoms with van der Waals surface area (Å²) in [6.07, 6.45) is 1.31. The average molecular weight is 253 g/mol. The molecule has 1 heterocycles. The van der Waals surface area contributed by atoms with Crippen molar-refractivity contribution in [2.45, 2.75) is 0 Å². The second kappa shape index (κ2) is 3.27. The Labute approximate surface area is 80.0 Å². The molecule has 0 saturated heterocycles. The van der Waals surface area contributed by atoms with Gasteiger partial charge in [0.15, 0.2) is 5.04 Å². The Morgan fingerprint density at radius 1 is 1.58 bits per heavy atom. The van der Waals surface area contributed by atoms with Crippen molar-refractivity contribution in [2.24, 2.45) is 4.99 Å². The van der Waals surface area contributed by atoms with Crippen LogP contribution in [0.4, 0.5) is 0 Å². The van der Waals surface area contributed by atoms with E-state index >= 15 is 0 Å². The Morgan fingerprint density at radius 2 is 2.17 bits per heavy atom. The summed E-state index contributed by atoms with van der Waals surface area (Å²) in [4.78, 5) is 5.55. The molecule has 0 N–H and O–H groups in total. The van der Waals surface area contributed by atoms with Crippen molar-refractivity contribution in [2.75, 3.05) is 20.6 Å². The number of hydrogen-bond acceptors (Lipinski definition) is 4. The van der Waals surface area contributed by atoms with Gasteiger partial charge in [-0.05, 0) is 30.0 Å². The summed E-state index contributed by atoms with van der Waals surface area (Å²) >= 11 is 2.93. The highest BCUT2D eigenvalue weighted by molar-refractivity contribution is 9.14. The molecule has 0 amide bonds. The number of sulfone groups is 1. The maximum absolute atomic E-state index is 11.4. The number of halogens is 1. The van der Waals surface area contributed by atoms with Crippen LogP contribution in [0, 0.1) is 0 Å². The van der Waals surface area contributed by atoms with Crippen LogP contribution in [-0.4, -0.2) is 39.0 Å². The molecule has 0 radical (unpaired) electrons. The van der Waals surface area contributed by atoms with Gasteiger partial charge in [0.2, 0.25) is 9.84 Å². The van der Waals surface area contributed by atoms with Gasteiger partial charge in [0, 0.05) is 0 Å². The molecule has 0 aliphatic carbocycles. The van der Waals surface area contributed by atoms with Gasteiger partial charge in [0.25, 0.3) is 0 Å². The molecule has 0 bridgehead atoms. The van der Waals surface area contributed by atoms with Gasteiger partial charge in [-0.2, -0.15) is 0 Å². The average Bonchev–Trinajstić information content (AvgIpc) is 2.15. The van der Waals surface area contributed by atoms with Gasteiger partial charge in [-0.1, -0.05) is 0 Å². The summed E-state index contributed by atoms with van der Waals surface area (Å²) in [5.74, 6) is 0. The standard InChI is InChI=1S/C6H9BrN2O2S/c1-9(2)4-6-8-3-5(7)12(6,10)11/h3H,4H2,1-2H3. The van der Waals surface area contributed by atoms with Gasteiger partial charge >= 0.3 is 0 Å². The molecule has 1 rings (SSSR count). The van der Waals surface area contributed by atoms with Crippen LogP contribution in [0.5, 0.6) is 0 Å². The van der Waals surface area contributed by atoms with Crippen LogP contribution in [-0.2, 0) is 9.84 Å². The summed E-state index contributed by atoms with van der Waals surface area (Å²) < 4.78 is 22.9. The fourth-order valence-corrected chi connectivity index (χ4v) is 2.47. The van der Waals surface area contributed by atoms with Crippen molar-refractivity contribution >= 4 is 30.8 Å². The van der Waals surface area contributed by atoms with E-state index in [-0.39, 0.29) is 8.86 Å². The molecule has 4 nitrogen and oxygen atoms in total. The van der Waals surface area contributed by atoms with Gasteiger partial charge < -0.3 is 4.90 Å². The molecule has 0 unspecified atom stereocenters. The van der Waals surface area contributed by atoms with E-state index in [1.165, 1.54) is 6.20 Å². The molecule has 0 aromatic carbocycles. The fraction of sp³-hybridized carbons (Fsp3) is 0.500. The molecule has 6 heteroatoms. The van der Waals surface area contributed by atoms with Gasteiger partial charge in [0.1, 0.15) is 3.81 Å². The molecule has 0 aromatic rings. The van der Waals surface area contributed by atoms with Gasteiger partial charge in [-0.3, -0.25) is 0 Å². The molecular weight excluding hydrogens is 244 g/mol. The fourth-order valence-electron chi connectivity index (χ4n) is 0.770. The first-order chi connectivity index (χ1) is 5.44. The summed E-state index contributed by atoms with van der Waals surface area (Å²) in [6.45, 7) is 0.341. The lowest BCUT2D eigenvalue weighted by Crippen LogP contribution is -2.26. The van der Waals surface area contributed by atoms with Gasteiger partial charge in [0.05, 0.1) is 12.7 Å². The van der Waals surface area contributed by atoms with Crippen LogP contribution in [0.1, 0.15) is 0 Å². The van der Waals surface area contributed by atoms with Crippen LogP contribution in [0.15, 0.2) is 15.0 Å². The molecule has 1 aliphatic rings. The predicted octanol–water partition coefficient (Wildman–Crippen LogP) is 0.569. The zero-order valence-corrected chi connectivity index (χ0v) is 9.18. The lowest BCUT2D eigenvalue weighted by Gasteiger charge is -2.08. The maximum Gasteiger partial charge on any atom is 0.229 e. The van der Waals surface area contributed by atoms with Gasteiger partial charge in [-0.25, -0.2) is 13.4 Å². The van der Waals surface area contributed by atoms with Crippen molar-refractivity contribution in [3.05, 3.63) is 10.0 Å². The Morgan fingerprint density at radius 3 is 2.50 bits per heavy atom. The van der Waals surface area contributed by atoms with E-state index in [1.807, 2.05) is 0 Å². The zero-order chi connectivity index (χ0) is 9.35. The van der Waals surface area contributed by atoms with Crippen LogP contribution < -0.4 is 0 Å². The first-order valence-corrected chi connectivity index (χ1v) is 5.54. The third-order valence-corrected chi connectivity index (χ3v) is 4.29. The van der Waals surface area contributed by atoms with E-state index in [1.54, 1.807) is 19.0 Å². The van der Waals surface area contributed by atoms with E-state index in [4.69, 9.17) is 0 Å². The molecule has 0 saturated carbocycles. The Balaban J connectivity index is 2.88. The monoisotopic (exact) mass is 252 g/mol. The number of aliphatic imine (C=N–C) groups is 1. The molecular formula is C6H9BrN2O2S. The maximum atomic E-state index is 11.4. The molecule has 1 aliphatic heterocycles. The van der Waals surface area contributed by atoms with Crippen molar-refractivity contribution < 1.29 is 8.42 Å². The normalized spacial score (nSPS) is 21.0. The predicted molar refractivity (Wildman–Crippen MR) is 51.9 cm³/mol. The van der Waals surface area contributed by atoms with Gasteiger partial charge in [-0.15, -0.1) is 0 Å².